The van der Waals surface area contributed by atoms with Gasteiger partial charge >= 0.3 is 0 Å². The van der Waals surface area contributed by atoms with Gasteiger partial charge < -0.3 is 10.0 Å². The number of hydrogen-bond donors (Lipinski definition) is 1. The van der Waals surface area contributed by atoms with Gasteiger partial charge in [-0.05, 0) is 38.1 Å². The highest BCUT2D eigenvalue weighted by atomic mass is 32.1. The first-order valence-corrected chi connectivity index (χ1v) is 7.55. The second-order valence-corrected chi connectivity index (χ2v) is 5.59. The van der Waals surface area contributed by atoms with Gasteiger partial charge in [0.05, 0.1) is 9.75 Å². The standard InChI is InChI=1S/C17H17NO2S/c1-3-18(14-8-6-13(2)7-9-14)17(20)16-11-10-15(21-16)5-4-12-19/h6-11,19H,3,12H2,1-2H3. The number of hydrogen-bond acceptors (Lipinski definition) is 3. The SMILES string of the molecule is CCN(C(=O)c1ccc(C#CCO)s1)c1ccc(C)cc1. The first-order valence-electron chi connectivity index (χ1n) is 6.73. The molecule has 0 aliphatic carbocycles. The number of benzene rings is 1. The summed E-state index contributed by atoms with van der Waals surface area (Å²) >= 11 is 1.35. The summed E-state index contributed by atoms with van der Waals surface area (Å²) in [6, 6.07) is 11.5. The Hall–Kier alpha value is -2.09. The molecule has 2 aromatic rings. The van der Waals surface area contributed by atoms with Gasteiger partial charge in [0.2, 0.25) is 0 Å². The average Bonchev–Trinajstić information content (AvgIpc) is 2.96. The molecule has 0 saturated heterocycles. The molecule has 0 radical (unpaired) electrons. The van der Waals surface area contributed by atoms with Gasteiger partial charge in [0.25, 0.3) is 5.91 Å². The third kappa shape index (κ3) is 3.72. The summed E-state index contributed by atoms with van der Waals surface area (Å²) in [6.07, 6.45) is 0. The van der Waals surface area contributed by atoms with Crippen LogP contribution in [0.5, 0.6) is 0 Å². The van der Waals surface area contributed by atoms with Crippen molar-refractivity contribution in [2.75, 3.05) is 18.1 Å². The minimum Gasteiger partial charge on any atom is -0.384 e. The molecule has 3 nitrogen and oxygen atoms in total. The Labute approximate surface area is 128 Å². The molecular formula is C17H17NO2S. The van der Waals surface area contributed by atoms with Crippen LogP contribution in [0, 0.1) is 18.8 Å². The molecule has 0 spiro atoms. The van der Waals surface area contributed by atoms with E-state index in [1.807, 2.05) is 44.2 Å². The number of aliphatic hydroxyl groups is 1. The van der Waals surface area contributed by atoms with Crippen molar-refractivity contribution in [1.82, 2.24) is 0 Å². The van der Waals surface area contributed by atoms with Gasteiger partial charge in [0.1, 0.15) is 6.61 Å². The quantitative estimate of drug-likeness (QED) is 0.885. The molecule has 0 aliphatic rings. The van der Waals surface area contributed by atoms with E-state index in [2.05, 4.69) is 11.8 Å². The summed E-state index contributed by atoms with van der Waals surface area (Å²) < 4.78 is 0. The zero-order chi connectivity index (χ0) is 15.2. The fraction of sp³-hybridized carbons (Fsp3) is 0.235. The van der Waals surface area contributed by atoms with Gasteiger partial charge in [-0.25, -0.2) is 0 Å². The van der Waals surface area contributed by atoms with E-state index in [0.29, 0.717) is 11.4 Å². The van der Waals surface area contributed by atoms with Crippen molar-refractivity contribution in [3.63, 3.8) is 0 Å². The van der Waals surface area contributed by atoms with E-state index in [0.717, 1.165) is 10.6 Å². The molecule has 0 saturated carbocycles. The molecule has 1 heterocycles. The fourth-order valence-corrected chi connectivity index (χ4v) is 2.78. The lowest BCUT2D eigenvalue weighted by Crippen LogP contribution is -2.29. The number of nitrogens with zero attached hydrogens (tertiary/aromatic N) is 1. The largest absolute Gasteiger partial charge is 0.384 e. The highest BCUT2D eigenvalue weighted by Gasteiger charge is 2.17. The third-order valence-corrected chi connectivity index (χ3v) is 4.00. The number of rotatable bonds is 3. The van der Waals surface area contributed by atoms with Crippen molar-refractivity contribution in [3.8, 4) is 11.8 Å². The van der Waals surface area contributed by atoms with E-state index < -0.39 is 0 Å². The van der Waals surface area contributed by atoms with Crippen LogP contribution in [-0.4, -0.2) is 24.2 Å². The molecule has 0 unspecified atom stereocenters. The molecular weight excluding hydrogens is 282 g/mol. The summed E-state index contributed by atoms with van der Waals surface area (Å²) in [4.78, 5) is 15.8. The normalized spacial score (nSPS) is 9.86. The van der Waals surface area contributed by atoms with Crippen LogP contribution in [0.2, 0.25) is 0 Å². The molecule has 0 aliphatic heterocycles. The third-order valence-electron chi connectivity index (χ3n) is 3.01. The topological polar surface area (TPSA) is 40.5 Å². The molecule has 108 valence electrons. The molecule has 0 fully saturated rings. The Kier molecular flexibility index (Phi) is 5.15. The van der Waals surface area contributed by atoms with Gasteiger partial charge in [0.15, 0.2) is 0 Å². The van der Waals surface area contributed by atoms with Crippen molar-refractivity contribution in [1.29, 1.82) is 0 Å². The number of anilines is 1. The summed E-state index contributed by atoms with van der Waals surface area (Å²) in [5.41, 5.74) is 2.06. The Bertz CT molecular complexity index is 677. The molecule has 0 bridgehead atoms. The highest BCUT2D eigenvalue weighted by Crippen LogP contribution is 2.22. The molecule has 2 rings (SSSR count). The van der Waals surface area contributed by atoms with E-state index in [1.54, 1.807) is 11.0 Å². The monoisotopic (exact) mass is 299 g/mol. The van der Waals surface area contributed by atoms with Crippen LogP contribution in [-0.2, 0) is 0 Å². The summed E-state index contributed by atoms with van der Waals surface area (Å²) in [7, 11) is 0. The van der Waals surface area contributed by atoms with Crippen LogP contribution < -0.4 is 4.90 Å². The Morgan fingerprint density at radius 2 is 1.95 bits per heavy atom. The van der Waals surface area contributed by atoms with Gasteiger partial charge in [-0.15, -0.1) is 11.3 Å². The van der Waals surface area contributed by atoms with Gasteiger partial charge in [-0.2, -0.15) is 0 Å². The molecule has 4 heteroatoms. The van der Waals surface area contributed by atoms with E-state index in [1.165, 1.54) is 16.9 Å². The average molecular weight is 299 g/mol. The number of thiophene rings is 1. The van der Waals surface area contributed by atoms with Crippen molar-refractivity contribution < 1.29 is 9.90 Å². The lowest BCUT2D eigenvalue weighted by molar-refractivity contribution is 0.0992. The summed E-state index contributed by atoms with van der Waals surface area (Å²) in [6.45, 7) is 4.41. The maximum atomic E-state index is 12.6. The van der Waals surface area contributed by atoms with Crippen molar-refractivity contribution in [2.24, 2.45) is 0 Å². The predicted octanol–water partition coefficient (Wildman–Crippen LogP) is 3.07. The lowest BCUT2D eigenvalue weighted by atomic mass is 10.2. The second-order valence-electron chi connectivity index (χ2n) is 4.51. The van der Waals surface area contributed by atoms with Crippen LogP contribution in [0.4, 0.5) is 5.69 Å². The van der Waals surface area contributed by atoms with Gasteiger partial charge in [0, 0.05) is 12.2 Å². The van der Waals surface area contributed by atoms with Crippen molar-refractivity contribution in [3.05, 3.63) is 51.7 Å². The Morgan fingerprint density at radius 1 is 1.24 bits per heavy atom. The zero-order valence-corrected chi connectivity index (χ0v) is 12.9. The molecule has 21 heavy (non-hydrogen) atoms. The van der Waals surface area contributed by atoms with E-state index in [-0.39, 0.29) is 12.5 Å². The summed E-state index contributed by atoms with van der Waals surface area (Å²) in [5, 5.41) is 8.70. The molecule has 0 atom stereocenters. The van der Waals surface area contributed by atoms with Crippen LogP contribution in [0.25, 0.3) is 0 Å². The Balaban J connectivity index is 2.24. The zero-order valence-electron chi connectivity index (χ0n) is 12.1. The number of aliphatic hydroxyl groups excluding tert-OH is 1. The Morgan fingerprint density at radius 3 is 2.57 bits per heavy atom. The van der Waals surface area contributed by atoms with Crippen LogP contribution >= 0.6 is 11.3 Å². The number of aryl methyl sites for hydroxylation is 1. The van der Waals surface area contributed by atoms with E-state index >= 15 is 0 Å². The first-order chi connectivity index (χ1) is 10.2. The van der Waals surface area contributed by atoms with Crippen LogP contribution in [0.15, 0.2) is 36.4 Å². The maximum Gasteiger partial charge on any atom is 0.268 e. The lowest BCUT2D eigenvalue weighted by Gasteiger charge is -2.20. The summed E-state index contributed by atoms with van der Waals surface area (Å²) in [5.74, 6) is 5.39. The van der Waals surface area contributed by atoms with E-state index in [9.17, 15) is 4.79 Å². The highest BCUT2D eigenvalue weighted by molar-refractivity contribution is 7.14. The molecule has 1 aromatic heterocycles. The predicted molar refractivity (Wildman–Crippen MR) is 86.8 cm³/mol. The van der Waals surface area contributed by atoms with Gasteiger partial charge in [-0.1, -0.05) is 29.5 Å². The van der Waals surface area contributed by atoms with Crippen molar-refractivity contribution in [2.45, 2.75) is 13.8 Å². The van der Waals surface area contributed by atoms with Crippen LogP contribution in [0.3, 0.4) is 0 Å². The minimum atomic E-state index is -0.175. The number of amides is 1. The van der Waals surface area contributed by atoms with Crippen molar-refractivity contribution >= 4 is 22.9 Å². The van der Waals surface area contributed by atoms with Crippen LogP contribution in [0.1, 0.15) is 27.0 Å². The van der Waals surface area contributed by atoms with E-state index in [4.69, 9.17) is 5.11 Å². The first kappa shape index (κ1) is 15.3. The number of carbonyl (C=O) groups excluding carboxylic acids is 1. The molecule has 1 amide bonds. The maximum absolute atomic E-state index is 12.6. The smallest absolute Gasteiger partial charge is 0.268 e. The van der Waals surface area contributed by atoms with Gasteiger partial charge in [-0.3, -0.25) is 4.79 Å². The fourth-order valence-electron chi connectivity index (χ4n) is 1.95. The molecule has 1 aromatic carbocycles. The molecule has 1 N–H and O–H groups in total. The minimum absolute atomic E-state index is 0.0246. The number of carbonyl (C=O) groups is 1. The second kappa shape index (κ2) is 7.07.